The quantitative estimate of drug-likeness (QED) is 0.404. The van der Waals surface area contributed by atoms with Crippen molar-refractivity contribution in [2.45, 2.75) is 91.9 Å². The fourth-order valence-electron chi connectivity index (χ4n) is 2.58. The lowest BCUT2D eigenvalue weighted by Gasteiger charge is -2.19. The molecule has 0 radical (unpaired) electrons. The molecule has 0 saturated heterocycles. The zero-order valence-electron chi connectivity index (χ0n) is 13.1. The van der Waals surface area contributed by atoms with Crippen molar-refractivity contribution < 1.29 is 4.79 Å². The van der Waals surface area contributed by atoms with Crippen LogP contribution in [-0.2, 0) is 4.79 Å². The maximum Gasteiger partial charge on any atom is 0.132 e. The summed E-state index contributed by atoms with van der Waals surface area (Å²) in [5.74, 6) is 1.97. The zero-order valence-corrected chi connectivity index (χ0v) is 13.1. The van der Waals surface area contributed by atoms with E-state index in [1.165, 1.54) is 38.5 Å². The van der Waals surface area contributed by atoms with Crippen LogP contribution in [0.2, 0.25) is 0 Å². The number of Topliss-reactive ketones (excluding diaryl/α,β-unsaturated/α-hetero) is 1. The minimum Gasteiger partial charge on any atom is -0.300 e. The lowest BCUT2D eigenvalue weighted by atomic mass is 9.86. The highest BCUT2D eigenvalue weighted by Gasteiger charge is 2.13. The summed E-state index contributed by atoms with van der Waals surface area (Å²) >= 11 is 0. The molecule has 0 aliphatic rings. The van der Waals surface area contributed by atoms with E-state index in [-0.39, 0.29) is 0 Å². The van der Waals surface area contributed by atoms with Crippen LogP contribution in [0.4, 0.5) is 0 Å². The summed E-state index contributed by atoms with van der Waals surface area (Å²) in [4.78, 5) is 11.8. The molecule has 0 aromatic rings. The normalized spacial score (nSPS) is 12.9. The van der Waals surface area contributed by atoms with E-state index < -0.39 is 0 Å². The Morgan fingerprint density at radius 2 is 1.50 bits per heavy atom. The van der Waals surface area contributed by atoms with Gasteiger partial charge in [-0.1, -0.05) is 66.2 Å². The van der Waals surface area contributed by atoms with Gasteiger partial charge in [-0.15, -0.1) is 0 Å². The number of carbonyl (C=O) groups is 1. The SMILES string of the molecule is CCCCCCCC(=O)CCC(CCC)C(C)C. The van der Waals surface area contributed by atoms with E-state index in [0.717, 1.165) is 37.5 Å². The second-order valence-electron chi connectivity index (χ2n) is 6.03. The largest absolute Gasteiger partial charge is 0.300 e. The third-order valence-corrected chi connectivity index (χ3v) is 3.96. The van der Waals surface area contributed by atoms with E-state index in [1.54, 1.807) is 0 Å². The van der Waals surface area contributed by atoms with Crippen molar-refractivity contribution >= 4 is 5.78 Å². The van der Waals surface area contributed by atoms with Gasteiger partial charge >= 0.3 is 0 Å². The molecule has 0 aromatic carbocycles. The van der Waals surface area contributed by atoms with Gasteiger partial charge in [0.1, 0.15) is 5.78 Å². The molecular formula is C17H34O. The molecule has 0 bridgehead atoms. The molecule has 108 valence electrons. The first kappa shape index (κ1) is 17.7. The molecule has 1 nitrogen and oxygen atoms in total. The van der Waals surface area contributed by atoms with Gasteiger partial charge in [0.15, 0.2) is 0 Å². The third kappa shape index (κ3) is 9.67. The third-order valence-electron chi connectivity index (χ3n) is 3.96. The van der Waals surface area contributed by atoms with Crippen LogP contribution in [0, 0.1) is 11.8 Å². The Morgan fingerprint density at radius 3 is 2.06 bits per heavy atom. The predicted molar refractivity (Wildman–Crippen MR) is 80.9 cm³/mol. The van der Waals surface area contributed by atoms with Crippen LogP contribution in [-0.4, -0.2) is 5.78 Å². The number of ketones is 1. The smallest absolute Gasteiger partial charge is 0.132 e. The summed E-state index contributed by atoms with van der Waals surface area (Å²) in [6, 6.07) is 0. The fourth-order valence-corrected chi connectivity index (χ4v) is 2.58. The summed E-state index contributed by atoms with van der Waals surface area (Å²) in [7, 11) is 0. The Bertz CT molecular complexity index is 196. The number of rotatable bonds is 12. The maximum atomic E-state index is 11.8. The predicted octanol–water partition coefficient (Wildman–Crippen LogP) is 5.77. The van der Waals surface area contributed by atoms with E-state index in [0.29, 0.717) is 5.78 Å². The molecule has 0 aliphatic carbocycles. The van der Waals surface area contributed by atoms with Crippen LogP contribution in [0.25, 0.3) is 0 Å². The van der Waals surface area contributed by atoms with E-state index >= 15 is 0 Å². The molecule has 0 amide bonds. The van der Waals surface area contributed by atoms with Gasteiger partial charge in [-0.05, 0) is 24.7 Å². The van der Waals surface area contributed by atoms with Gasteiger partial charge in [0.05, 0.1) is 0 Å². The Balaban J connectivity index is 3.61. The highest BCUT2D eigenvalue weighted by Crippen LogP contribution is 2.23. The Kier molecular flexibility index (Phi) is 11.5. The van der Waals surface area contributed by atoms with Crippen LogP contribution in [0.3, 0.4) is 0 Å². The van der Waals surface area contributed by atoms with E-state index in [2.05, 4.69) is 27.7 Å². The summed E-state index contributed by atoms with van der Waals surface area (Å²) in [5, 5.41) is 0. The molecule has 0 spiro atoms. The molecule has 1 atom stereocenters. The Morgan fingerprint density at radius 1 is 0.833 bits per heavy atom. The van der Waals surface area contributed by atoms with Crippen molar-refractivity contribution in [2.75, 3.05) is 0 Å². The Hall–Kier alpha value is -0.330. The lowest BCUT2D eigenvalue weighted by molar-refractivity contribution is -0.119. The van der Waals surface area contributed by atoms with Gasteiger partial charge in [0.2, 0.25) is 0 Å². The van der Waals surface area contributed by atoms with Gasteiger partial charge in [-0.2, -0.15) is 0 Å². The molecule has 0 aliphatic heterocycles. The zero-order chi connectivity index (χ0) is 13.8. The molecule has 1 unspecified atom stereocenters. The summed E-state index contributed by atoms with van der Waals surface area (Å²) in [6.45, 7) is 9.04. The molecule has 0 N–H and O–H groups in total. The van der Waals surface area contributed by atoms with Crippen LogP contribution in [0.5, 0.6) is 0 Å². The van der Waals surface area contributed by atoms with Crippen molar-refractivity contribution in [1.29, 1.82) is 0 Å². The first-order valence-corrected chi connectivity index (χ1v) is 8.13. The average molecular weight is 254 g/mol. The second kappa shape index (κ2) is 11.7. The summed E-state index contributed by atoms with van der Waals surface area (Å²) < 4.78 is 0. The topological polar surface area (TPSA) is 17.1 Å². The number of carbonyl (C=O) groups excluding carboxylic acids is 1. The highest BCUT2D eigenvalue weighted by molar-refractivity contribution is 5.78. The molecular weight excluding hydrogens is 220 g/mol. The van der Waals surface area contributed by atoms with Gasteiger partial charge < -0.3 is 0 Å². The van der Waals surface area contributed by atoms with Gasteiger partial charge in [-0.25, -0.2) is 0 Å². The van der Waals surface area contributed by atoms with Crippen LogP contribution >= 0.6 is 0 Å². The first-order valence-electron chi connectivity index (χ1n) is 8.13. The fraction of sp³-hybridized carbons (Fsp3) is 0.941. The van der Waals surface area contributed by atoms with Crippen molar-refractivity contribution in [3.8, 4) is 0 Å². The van der Waals surface area contributed by atoms with Crippen molar-refractivity contribution in [3.63, 3.8) is 0 Å². The minimum atomic E-state index is 0.494. The Labute approximate surface area is 115 Å². The number of hydrogen-bond acceptors (Lipinski definition) is 1. The van der Waals surface area contributed by atoms with E-state index in [1.807, 2.05) is 0 Å². The second-order valence-corrected chi connectivity index (χ2v) is 6.03. The number of hydrogen-bond donors (Lipinski definition) is 0. The van der Waals surface area contributed by atoms with Gasteiger partial charge in [0, 0.05) is 12.8 Å². The molecule has 0 saturated carbocycles. The average Bonchev–Trinajstić information content (AvgIpc) is 2.33. The summed E-state index contributed by atoms with van der Waals surface area (Å²) in [5.41, 5.74) is 0. The van der Waals surface area contributed by atoms with Crippen LogP contribution < -0.4 is 0 Å². The van der Waals surface area contributed by atoms with Crippen molar-refractivity contribution in [3.05, 3.63) is 0 Å². The van der Waals surface area contributed by atoms with E-state index in [4.69, 9.17) is 0 Å². The number of unbranched alkanes of at least 4 members (excludes halogenated alkanes) is 4. The van der Waals surface area contributed by atoms with Gasteiger partial charge in [-0.3, -0.25) is 4.79 Å². The van der Waals surface area contributed by atoms with Crippen LogP contribution in [0.15, 0.2) is 0 Å². The molecule has 0 heterocycles. The molecule has 18 heavy (non-hydrogen) atoms. The highest BCUT2D eigenvalue weighted by atomic mass is 16.1. The molecule has 0 aromatic heterocycles. The standard InChI is InChI=1S/C17H34O/c1-5-7-8-9-10-12-17(18)14-13-16(11-6-2)15(3)4/h15-16H,5-14H2,1-4H3. The van der Waals surface area contributed by atoms with E-state index in [9.17, 15) is 4.79 Å². The van der Waals surface area contributed by atoms with Crippen LogP contribution in [0.1, 0.15) is 91.9 Å². The molecule has 0 rings (SSSR count). The molecule has 1 heteroatoms. The van der Waals surface area contributed by atoms with Gasteiger partial charge in [0.25, 0.3) is 0 Å². The maximum absolute atomic E-state index is 11.8. The monoisotopic (exact) mass is 254 g/mol. The molecule has 0 fully saturated rings. The van der Waals surface area contributed by atoms with Crippen molar-refractivity contribution in [2.24, 2.45) is 11.8 Å². The first-order chi connectivity index (χ1) is 8.61. The minimum absolute atomic E-state index is 0.494. The summed E-state index contributed by atoms with van der Waals surface area (Å²) in [6.07, 6.45) is 11.5. The van der Waals surface area contributed by atoms with Crippen molar-refractivity contribution in [1.82, 2.24) is 0 Å². The lowest BCUT2D eigenvalue weighted by Crippen LogP contribution is -2.11.